The van der Waals surface area contributed by atoms with Gasteiger partial charge in [-0.3, -0.25) is 0 Å². The van der Waals surface area contributed by atoms with Gasteiger partial charge in [0.15, 0.2) is 0 Å². The molecule has 0 amide bonds. The van der Waals surface area contributed by atoms with Crippen molar-refractivity contribution in [1.82, 2.24) is 9.21 Å². The molecule has 0 saturated carbocycles. The van der Waals surface area contributed by atoms with E-state index in [0.717, 1.165) is 30.5 Å². The van der Waals surface area contributed by atoms with E-state index in [0.29, 0.717) is 18.0 Å². The second-order valence-electron chi connectivity index (χ2n) is 6.30. The van der Waals surface area contributed by atoms with Gasteiger partial charge < -0.3 is 4.90 Å². The Morgan fingerprint density at radius 3 is 2.23 bits per heavy atom. The first-order valence-electron chi connectivity index (χ1n) is 8.75. The fourth-order valence-corrected chi connectivity index (χ4v) is 4.68. The molecule has 0 N–H and O–H groups in total. The number of benzene rings is 2. The molecule has 0 unspecified atom stereocenters. The van der Waals surface area contributed by atoms with Gasteiger partial charge in [-0.15, -0.1) is 0 Å². The van der Waals surface area contributed by atoms with Crippen LogP contribution in [0, 0.1) is 0 Å². The first kappa shape index (κ1) is 19.3. The minimum atomic E-state index is -3.39. The minimum Gasteiger partial charge on any atom is -0.300 e. The zero-order chi connectivity index (χ0) is 18.4. The zero-order valence-corrected chi connectivity index (χ0v) is 17.0. The molecular formula is C20H23BrN2O2S. The normalized spacial score (nSPS) is 17.0. The molecule has 3 rings (SSSR count). The summed E-state index contributed by atoms with van der Waals surface area (Å²) in [6.07, 6.45) is 5.28. The molecule has 138 valence electrons. The van der Waals surface area contributed by atoms with E-state index in [2.05, 4.69) is 45.1 Å². The van der Waals surface area contributed by atoms with E-state index in [4.69, 9.17) is 0 Å². The summed E-state index contributed by atoms with van der Waals surface area (Å²) in [5, 5.41) is 0. The van der Waals surface area contributed by atoms with E-state index >= 15 is 0 Å². The summed E-state index contributed by atoms with van der Waals surface area (Å²) in [5.41, 5.74) is 1.21. The highest BCUT2D eigenvalue weighted by atomic mass is 79.9. The molecule has 6 heteroatoms. The lowest BCUT2D eigenvalue weighted by molar-refractivity contribution is 0.191. The summed E-state index contributed by atoms with van der Waals surface area (Å²) in [4.78, 5) is 2.68. The first-order valence-corrected chi connectivity index (χ1v) is 11.0. The molecule has 1 fully saturated rings. The molecule has 1 aliphatic rings. The molecule has 1 heterocycles. The molecule has 0 radical (unpaired) electrons. The monoisotopic (exact) mass is 434 g/mol. The highest BCUT2D eigenvalue weighted by Gasteiger charge is 2.28. The van der Waals surface area contributed by atoms with Crippen LogP contribution in [0.5, 0.6) is 0 Å². The van der Waals surface area contributed by atoms with Gasteiger partial charge in [0.25, 0.3) is 0 Å². The zero-order valence-electron chi connectivity index (χ0n) is 14.6. The first-order chi connectivity index (χ1) is 12.6. The Balaban J connectivity index is 1.48. The average Bonchev–Trinajstić information content (AvgIpc) is 2.67. The summed E-state index contributed by atoms with van der Waals surface area (Å²) < 4.78 is 27.9. The summed E-state index contributed by atoms with van der Waals surface area (Å²) in [6, 6.07) is 17.1. The molecule has 0 bridgehead atoms. The van der Waals surface area contributed by atoms with Gasteiger partial charge in [-0.1, -0.05) is 58.4 Å². The van der Waals surface area contributed by atoms with Crippen LogP contribution in [-0.2, 0) is 10.0 Å². The Labute approximate surface area is 164 Å². The van der Waals surface area contributed by atoms with Crippen molar-refractivity contribution in [2.24, 2.45) is 0 Å². The quantitative estimate of drug-likeness (QED) is 0.692. The maximum absolute atomic E-state index is 12.7. The Hall–Kier alpha value is -1.47. The Morgan fingerprint density at radius 2 is 1.58 bits per heavy atom. The lowest BCUT2D eigenvalue weighted by Gasteiger charge is -2.33. The van der Waals surface area contributed by atoms with Crippen molar-refractivity contribution in [3.8, 4) is 0 Å². The van der Waals surface area contributed by atoms with Gasteiger partial charge in [-0.25, -0.2) is 8.42 Å². The van der Waals surface area contributed by atoms with Crippen LogP contribution in [0.4, 0.5) is 0 Å². The van der Waals surface area contributed by atoms with E-state index in [9.17, 15) is 8.42 Å². The molecule has 0 aromatic heterocycles. The summed E-state index contributed by atoms with van der Waals surface area (Å²) >= 11 is 3.34. The third kappa shape index (κ3) is 5.04. The van der Waals surface area contributed by atoms with Crippen LogP contribution in [0.3, 0.4) is 0 Å². The number of piperazine rings is 1. The Kier molecular flexibility index (Phi) is 6.64. The Bertz CT molecular complexity index is 828. The number of nitrogens with zero attached hydrogens (tertiary/aromatic N) is 2. The van der Waals surface area contributed by atoms with Gasteiger partial charge in [0.2, 0.25) is 10.0 Å². The lowest BCUT2D eigenvalue weighted by atomic mass is 10.2. The van der Waals surface area contributed by atoms with Gasteiger partial charge in [-0.2, -0.15) is 4.31 Å². The highest BCUT2D eigenvalue weighted by Crippen LogP contribution is 2.20. The van der Waals surface area contributed by atoms with Gasteiger partial charge >= 0.3 is 0 Å². The Morgan fingerprint density at radius 1 is 0.923 bits per heavy atom. The van der Waals surface area contributed by atoms with Crippen molar-refractivity contribution in [1.29, 1.82) is 0 Å². The van der Waals surface area contributed by atoms with Crippen molar-refractivity contribution in [2.45, 2.75) is 11.3 Å². The van der Waals surface area contributed by atoms with E-state index in [1.807, 2.05) is 18.2 Å². The predicted molar refractivity (Wildman–Crippen MR) is 109 cm³/mol. The molecule has 2 aromatic rings. The molecule has 0 aliphatic carbocycles. The third-order valence-electron chi connectivity index (χ3n) is 4.50. The van der Waals surface area contributed by atoms with Crippen LogP contribution >= 0.6 is 15.9 Å². The molecule has 1 saturated heterocycles. The van der Waals surface area contributed by atoms with Crippen LogP contribution in [0.15, 0.2) is 70.0 Å². The second-order valence-corrected chi connectivity index (χ2v) is 9.15. The van der Waals surface area contributed by atoms with Gasteiger partial charge in [0.05, 0.1) is 4.90 Å². The van der Waals surface area contributed by atoms with Gasteiger partial charge in [-0.05, 0) is 36.2 Å². The van der Waals surface area contributed by atoms with E-state index in [-0.39, 0.29) is 0 Å². The van der Waals surface area contributed by atoms with Crippen LogP contribution in [-0.4, -0.2) is 50.3 Å². The SMILES string of the molecule is O=S(=O)(c1ccc(Br)cc1)N1CCN(CC/C=C/c2ccccc2)CC1. The summed E-state index contributed by atoms with van der Waals surface area (Å²) in [5.74, 6) is 0. The number of halogens is 1. The molecular weight excluding hydrogens is 412 g/mol. The molecule has 1 aliphatic heterocycles. The van der Waals surface area contributed by atoms with Crippen molar-refractivity contribution < 1.29 is 8.42 Å². The van der Waals surface area contributed by atoms with Gasteiger partial charge in [0, 0.05) is 37.2 Å². The van der Waals surface area contributed by atoms with Crippen LogP contribution in [0.25, 0.3) is 6.08 Å². The molecule has 0 spiro atoms. The van der Waals surface area contributed by atoms with Crippen LogP contribution in [0.2, 0.25) is 0 Å². The molecule has 0 atom stereocenters. The van der Waals surface area contributed by atoms with Crippen molar-refractivity contribution >= 4 is 32.0 Å². The van der Waals surface area contributed by atoms with Gasteiger partial charge in [0.1, 0.15) is 0 Å². The maximum atomic E-state index is 12.7. The maximum Gasteiger partial charge on any atom is 0.243 e. The topological polar surface area (TPSA) is 40.6 Å². The number of rotatable bonds is 6. The van der Waals surface area contributed by atoms with Crippen molar-refractivity contribution in [2.75, 3.05) is 32.7 Å². The second kappa shape index (κ2) is 8.95. The van der Waals surface area contributed by atoms with E-state index in [1.54, 1.807) is 28.6 Å². The number of hydrogen-bond acceptors (Lipinski definition) is 3. The minimum absolute atomic E-state index is 0.361. The van der Waals surface area contributed by atoms with E-state index < -0.39 is 10.0 Å². The van der Waals surface area contributed by atoms with Crippen LogP contribution < -0.4 is 0 Å². The molecule has 26 heavy (non-hydrogen) atoms. The fraction of sp³-hybridized carbons (Fsp3) is 0.300. The number of hydrogen-bond donors (Lipinski definition) is 0. The standard InChI is InChI=1S/C20H23BrN2O2S/c21-19-9-11-20(12-10-19)26(24,25)23-16-14-22(15-17-23)13-5-4-8-18-6-2-1-3-7-18/h1-4,6-12H,5,13-17H2/b8-4+. The van der Waals surface area contributed by atoms with Crippen molar-refractivity contribution in [3.05, 3.63) is 70.7 Å². The van der Waals surface area contributed by atoms with Crippen LogP contribution in [0.1, 0.15) is 12.0 Å². The summed E-state index contributed by atoms with van der Waals surface area (Å²) in [7, 11) is -3.39. The largest absolute Gasteiger partial charge is 0.300 e. The van der Waals surface area contributed by atoms with Crippen molar-refractivity contribution in [3.63, 3.8) is 0 Å². The fourth-order valence-electron chi connectivity index (χ4n) is 2.99. The molecule has 2 aromatic carbocycles. The highest BCUT2D eigenvalue weighted by molar-refractivity contribution is 9.10. The average molecular weight is 435 g/mol. The lowest BCUT2D eigenvalue weighted by Crippen LogP contribution is -2.48. The predicted octanol–water partition coefficient (Wildman–Crippen LogP) is 3.86. The summed E-state index contributed by atoms with van der Waals surface area (Å²) in [6.45, 7) is 3.58. The number of sulfonamides is 1. The van der Waals surface area contributed by atoms with E-state index in [1.165, 1.54) is 5.56 Å². The third-order valence-corrected chi connectivity index (χ3v) is 6.95. The smallest absolute Gasteiger partial charge is 0.243 e. The molecule has 4 nitrogen and oxygen atoms in total.